The lowest BCUT2D eigenvalue weighted by Gasteiger charge is -2.02. The summed E-state index contributed by atoms with van der Waals surface area (Å²) in [6, 6.07) is 5.12. The molecule has 0 amide bonds. The molecule has 0 radical (unpaired) electrons. The quantitative estimate of drug-likeness (QED) is 0.757. The molecule has 2 nitrogen and oxygen atoms in total. The van der Waals surface area contributed by atoms with Crippen molar-refractivity contribution in [1.29, 1.82) is 0 Å². The van der Waals surface area contributed by atoms with E-state index in [4.69, 9.17) is 16.3 Å². The van der Waals surface area contributed by atoms with E-state index in [9.17, 15) is 5.11 Å². The Labute approximate surface area is 82.4 Å². The SMILES string of the molecule is COc1ccc(C=CCCl)c(O)c1. The van der Waals surface area contributed by atoms with Crippen molar-refractivity contribution < 1.29 is 9.84 Å². The maximum atomic E-state index is 9.47. The highest BCUT2D eigenvalue weighted by Crippen LogP contribution is 2.24. The van der Waals surface area contributed by atoms with Gasteiger partial charge in [0.05, 0.1) is 7.11 Å². The van der Waals surface area contributed by atoms with Crippen LogP contribution in [0.15, 0.2) is 24.3 Å². The average molecular weight is 199 g/mol. The molecule has 70 valence electrons. The number of allylic oxidation sites excluding steroid dienone is 1. The fourth-order valence-corrected chi connectivity index (χ4v) is 1.05. The van der Waals surface area contributed by atoms with E-state index in [0.717, 1.165) is 5.56 Å². The number of halogens is 1. The zero-order chi connectivity index (χ0) is 9.68. The third-order valence-corrected chi connectivity index (χ3v) is 1.80. The third-order valence-electron chi connectivity index (χ3n) is 1.62. The monoisotopic (exact) mass is 198 g/mol. The molecule has 3 heteroatoms. The second-order valence-corrected chi connectivity index (χ2v) is 2.79. The van der Waals surface area contributed by atoms with Crippen molar-refractivity contribution in [2.75, 3.05) is 13.0 Å². The van der Waals surface area contributed by atoms with Crippen LogP contribution in [0, 0.1) is 0 Å². The van der Waals surface area contributed by atoms with Crippen LogP contribution in [0.1, 0.15) is 5.56 Å². The molecule has 0 atom stereocenters. The molecule has 0 bridgehead atoms. The lowest BCUT2D eigenvalue weighted by molar-refractivity contribution is 0.407. The lowest BCUT2D eigenvalue weighted by atomic mass is 10.2. The molecule has 0 fully saturated rings. The molecule has 0 aliphatic rings. The van der Waals surface area contributed by atoms with Crippen LogP contribution in [0.3, 0.4) is 0 Å². The van der Waals surface area contributed by atoms with Crippen molar-refractivity contribution in [3.8, 4) is 11.5 Å². The van der Waals surface area contributed by atoms with Gasteiger partial charge in [-0.2, -0.15) is 0 Å². The van der Waals surface area contributed by atoms with E-state index in [1.807, 2.05) is 0 Å². The number of aromatic hydroxyl groups is 1. The number of ether oxygens (including phenoxy) is 1. The number of phenolic OH excluding ortho intramolecular Hbond substituents is 1. The molecule has 0 aromatic heterocycles. The van der Waals surface area contributed by atoms with Gasteiger partial charge >= 0.3 is 0 Å². The smallest absolute Gasteiger partial charge is 0.126 e. The van der Waals surface area contributed by atoms with Gasteiger partial charge in [-0.25, -0.2) is 0 Å². The lowest BCUT2D eigenvalue weighted by Crippen LogP contribution is -1.82. The van der Waals surface area contributed by atoms with Gasteiger partial charge in [0, 0.05) is 17.5 Å². The number of rotatable bonds is 3. The standard InChI is InChI=1S/C10H11ClO2/c1-13-9-5-4-8(3-2-6-11)10(12)7-9/h2-5,7,12H,6H2,1H3. The van der Waals surface area contributed by atoms with Crippen LogP contribution in [0.2, 0.25) is 0 Å². The van der Waals surface area contributed by atoms with Crippen LogP contribution in [-0.4, -0.2) is 18.1 Å². The van der Waals surface area contributed by atoms with Crippen LogP contribution >= 0.6 is 11.6 Å². The summed E-state index contributed by atoms with van der Waals surface area (Å²) in [5, 5.41) is 9.47. The van der Waals surface area contributed by atoms with Crippen molar-refractivity contribution in [2.45, 2.75) is 0 Å². The molecule has 0 spiro atoms. The molecule has 0 saturated heterocycles. The summed E-state index contributed by atoms with van der Waals surface area (Å²) in [5.41, 5.74) is 0.737. The first kappa shape index (κ1) is 9.93. The average Bonchev–Trinajstić information content (AvgIpc) is 2.16. The minimum absolute atomic E-state index is 0.195. The molecule has 0 aliphatic heterocycles. The number of methoxy groups -OCH3 is 1. The minimum Gasteiger partial charge on any atom is -0.507 e. The Morgan fingerprint density at radius 2 is 2.31 bits per heavy atom. The van der Waals surface area contributed by atoms with E-state index in [2.05, 4.69) is 0 Å². The predicted octanol–water partition coefficient (Wildman–Crippen LogP) is 2.65. The Hall–Kier alpha value is -1.15. The van der Waals surface area contributed by atoms with Gasteiger partial charge in [-0.1, -0.05) is 12.2 Å². The largest absolute Gasteiger partial charge is 0.507 e. The van der Waals surface area contributed by atoms with Crippen LogP contribution in [0.25, 0.3) is 6.08 Å². The summed E-state index contributed by atoms with van der Waals surface area (Å²) in [5.74, 6) is 1.27. The number of benzene rings is 1. The second-order valence-electron chi connectivity index (χ2n) is 2.48. The minimum atomic E-state index is 0.195. The Bertz CT molecular complexity index is 308. The van der Waals surface area contributed by atoms with Gasteiger partial charge in [0.1, 0.15) is 11.5 Å². The van der Waals surface area contributed by atoms with Gasteiger partial charge in [-0.3, -0.25) is 0 Å². The van der Waals surface area contributed by atoms with Gasteiger partial charge in [-0.05, 0) is 12.1 Å². The number of alkyl halides is 1. The first-order valence-corrected chi connectivity index (χ1v) is 4.41. The summed E-state index contributed by atoms with van der Waals surface area (Å²) in [4.78, 5) is 0. The van der Waals surface area contributed by atoms with Crippen LogP contribution in [0.5, 0.6) is 11.5 Å². The summed E-state index contributed by atoms with van der Waals surface area (Å²) in [6.45, 7) is 0. The molecule has 0 aliphatic carbocycles. The molecule has 0 saturated carbocycles. The number of phenols is 1. The van der Waals surface area contributed by atoms with E-state index < -0.39 is 0 Å². The van der Waals surface area contributed by atoms with E-state index in [0.29, 0.717) is 11.6 Å². The fraction of sp³-hybridized carbons (Fsp3) is 0.200. The molecular formula is C10H11ClO2. The Morgan fingerprint density at radius 1 is 1.54 bits per heavy atom. The first-order chi connectivity index (χ1) is 6.27. The van der Waals surface area contributed by atoms with Crippen molar-refractivity contribution in [2.24, 2.45) is 0 Å². The zero-order valence-corrected chi connectivity index (χ0v) is 8.08. The molecule has 0 unspecified atom stereocenters. The maximum Gasteiger partial charge on any atom is 0.126 e. The topological polar surface area (TPSA) is 29.5 Å². The van der Waals surface area contributed by atoms with Crippen molar-refractivity contribution in [3.63, 3.8) is 0 Å². The summed E-state index contributed by atoms with van der Waals surface area (Å²) < 4.78 is 4.94. The molecule has 1 rings (SSSR count). The van der Waals surface area contributed by atoms with Crippen LogP contribution < -0.4 is 4.74 Å². The van der Waals surface area contributed by atoms with Crippen LogP contribution in [0.4, 0.5) is 0 Å². The maximum absolute atomic E-state index is 9.47. The van der Waals surface area contributed by atoms with Gasteiger partial charge in [0.15, 0.2) is 0 Å². The third kappa shape index (κ3) is 2.67. The molecule has 13 heavy (non-hydrogen) atoms. The first-order valence-electron chi connectivity index (χ1n) is 3.87. The van der Waals surface area contributed by atoms with E-state index >= 15 is 0 Å². The zero-order valence-electron chi connectivity index (χ0n) is 7.33. The molecule has 1 aromatic rings. The normalized spacial score (nSPS) is 10.6. The summed E-state index contributed by atoms with van der Waals surface area (Å²) >= 11 is 5.47. The Kier molecular flexibility index (Phi) is 3.65. The van der Waals surface area contributed by atoms with Gasteiger partial charge in [0.25, 0.3) is 0 Å². The molecular weight excluding hydrogens is 188 g/mol. The van der Waals surface area contributed by atoms with Crippen molar-refractivity contribution in [3.05, 3.63) is 29.8 Å². The van der Waals surface area contributed by atoms with E-state index in [1.165, 1.54) is 0 Å². The van der Waals surface area contributed by atoms with Gasteiger partial charge < -0.3 is 9.84 Å². The van der Waals surface area contributed by atoms with Gasteiger partial charge in [0.2, 0.25) is 0 Å². The number of hydrogen-bond acceptors (Lipinski definition) is 2. The van der Waals surface area contributed by atoms with Crippen molar-refractivity contribution in [1.82, 2.24) is 0 Å². The number of hydrogen-bond donors (Lipinski definition) is 1. The van der Waals surface area contributed by atoms with E-state index in [1.54, 1.807) is 37.5 Å². The highest BCUT2D eigenvalue weighted by Gasteiger charge is 1.98. The Morgan fingerprint density at radius 3 is 2.85 bits per heavy atom. The molecule has 0 heterocycles. The van der Waals surface area contributed by atoms with Crippen molar-refractivity contribution >= 4 is 17.7 Å². The highest BCUT2D eigenvalue weighted by molar-refractivity contribution is 6.19. The molecule has 1 N–H and O–H groups in total. The summed E-state index contributed by atoms with van der Waals surface area (Å²) in [7, 11) is 1.56. The van der Waals surface area contributed by atoms with E-state index in [-0.39, 0.29) is 5.75 Å². The van der Waals surface area contributed by atoms with Gasteiger partial charge in [-0.15, -0.1) is 11.6 Å². The predicted molar refractivity (Wildman–Crippen MR) is 54.4 cm³/mol. The Balaban J connectivity index is 2.91. The van der Waals surface area contributed by atoms with Crippen LogP contribution in [-0.2, 0) is 0 Å². The summed E-state index contributed by atoms with van der Waals surface area (Å²) in [6.07, 6.45) is 3.53. The second kappa shape index (κ2) is 4.77. The molecule has 1 aromatic carbocycles. The fourth-order valence-electron chi connectivity index (χ4n) is 0.963. The highest BCUT2D eigenvalue weighted by atomic mass is 35.5.